The molecule has 0 aromatic heterocycles. The Morgan fingerprint density at radius 3 is 2.44 bits per heavy atom. The summed E-state index contributed by atoms with van der Waals surface area (Å²) in [6.07, 6.45) is 0.468. The van der Waals surface area contributed by atoms with Gasteiger partial charge in [-0.3, -0.25) is 4.79 Å². The minimum absolute atomic E-state index is 0.110. The molecule has 1 aromatic carbocycles. The minimum atomic E-state index is -0.904. The zero-order valence-corrected chi connectivity index (χ0v) is 9.83. The second kappa shape index (κ2) is 5.10. The Morgan fingerprint density at radius 1 is 1.44 bits per heavy atom. The van der Waals surface area contributed by atoms with Crippen LogP contribution in [0.4, 0.5) is 4.39 Å². The van der Waals surface area contributed by atoms with Crippen molar-refractivity contribution in [3.63, 3.8) is 0 Å². The van der Waals surface area contributed by atoms with Gasteiger partial charge < -0.3 is 5.11 Å². The first kappa shape index (κ1) is 12.7. The van der Waals surface area contributed by atoms with E-state index in [0.29, 0.717) is 17.5 Å². The molecule has 1 N–H and O–H groups in total. The molecular weight excluding hydrogens is 207 g/mol. The molecule has 0 saturated carbocycles. The first-order valence-corrected chi connectivity index (χ1v) is 5.49. The smallest absolute Gasteiger partial charge is 0.310 e. The first-order chi connectivity index (χ1) is 7.47. The van der Waals surface area contributed by atoms with Gasteiger partial charge in [0.05, 0.1) is 5.92 Å². The van der Waals surface area contributed by atoms with Crippen LogP contribution < -0.4 is 0 Å². The SMILES string of the molecule is CCC(C(=O)O)c1ccc(C(C)C)c(F)c1. The molecule has 0 saturated heterocycles. The van der Waals surface area contributed by atoms with E-state index in [9.17, 15) is 9.18 Å². The molecule has 88 valence electrons. The van der Waals surface area contributed by atoms with Crippen molar-refractivity contribution in [1.29, 1.82) is 0 Å². The fourth-order valence-electron chi connectivity index (χ4n) is 1.78. The van der Waals surface area contributed by atoms with Gasteiger partial charge in [-0.2, -0.15) is 0 Å². The summed E-state index contributed by atoms with van der Waals surface area (Å²) in [6.45, 7) is 5.60. The van der Waals surface area contributed by atoms with E-state index in [2.05, 4.69) is 0 Å². The number of carboxylic acid groups (broad SMARTS) is 1. The van der Waals surface area contributed by atoms with Crippen LogP contribution in [0.25, 0.3) is 0 Å². The molecule has 1 unspecified atom stereocenters. The van der Waals surface area contributed by atoms with Crippen molar-refractivity contribution in [2.45, 2.75) is 39.0 Å². The van der Waals surface area contributed by atoms with Crippen LogP contribution in [0.2, 0.25) is 0 Å². The van der Waals surface area contributed by atoms with Crippen molar-refractivity contribution in [3.8, 4) is 0 Å². The second-order valence-electron chi connectivity index (χ2n) is 4.23. The van der Waals surface area contributed by atoms with Gasteiger partial charge in [-0.1, -0.05) is 32.9 Å². The van der Waals surface area contributed by atoms with Gasteiger partial charge in [0.1, 0.15) is 5.82 Å². The van der Waals surface area contributed by atoms with Crippen LogP contribution in [-0.4, -0.2) is 11.1 Å². The molecule has 0 amide bonds. The van der Waals surface area contributed by atoms with Gasteiger partial charge in [0.15, 0.2) is 0 Å². The maximum atomic E-state index is 13.7. The van der Waals surface area contributed by atoms with Crippen LogP contribution in [-0.2, 0) is 4.79 Å². The molecule has 0 aliphatic carbocycles. The van der Waals surface area contributed by atoms with Crippen LogP contribution in [0.5, 0.6) is 0 Å². The molecule has 0 aliphatic heterocycles. The summed E-state index contributed by atoms with van der Waals surface area (Å²) in [4.78, 5) is 10.9. The summed E-state index contributed by atoms with van der Waals surface area (Å²) in [5, 5.41) is 8.97. The number of benzene rings is 1. The summed E-state index contributed by atoms with van der Waals surface area (Å²) < 4.78 is 13.7. The lowest BCUT2D eigenvalue weighted by Crippen LogP contribution is -2.11. The van der Waals surface area contributed by atoms with Crippen molar-refractivity contribution >= 4 is 5.97 Å². The lowest BCUT2D eigenvalue weighted by atomic mass is 9.93. The third-order valence-electron chi connectivity index (χ3n) is 2.76. The van der Waals surface area contributed by atoms with Crippen LogP contribution in [0.3, 0.4) is 0 Å². The Hall–Kier alpha value is -1.38. The van der Waals surface area contributed by atoms with Crippen LogP contribution >= 0.6 is 0 Å². The van der Waals surface area contributed by atoms with Crippen molar-refractivity contribution < 1.29 is 14.3 Å². The number of hydrogen-bond donors (Lipinski definition) is 1. The third kappa shape index (κ3) is 2.60. The second-order valence-corrected chi connectivity index (χ2v) is 4.23. The normalized spacial score (nSPS) is 12.8. The predicted molar refractivity (Wildman–Crippen MR) is 61.2 cm³/mol. The van der Waals surface area contributed by atoms with E-state index in [1.807, 2.05) is 13.8 Å². The highest BCUT2D eigenvalue weighted by molar-refractivity contribution is 5.76. The molecular formula is C13H17FO2. The molecule has 0 fully saturated rings. The van der Waals surface area contributed by atoms with Gasteiger partial charge in [0.25, 0.3) is 0 Å². The average Bonchev–Trinajstić information content (AvgIpc) is 2.17. The van der Waals surface area contributed by atoms with Crippen molar-refractivity contribution in [2.24, 2.45) is 0 Å². The first-order valence-electron chi connectivity index (χ1n) is 5.49. The Kier molecular flexibility index (Phi) is 4.05. The topological polar surface area (TPSA) is 37.3 Å². The van der Waals surface area contributed by atoms with Gasteiger partial charge in [0, 0.05) is 0 Å². The van der Waals surface area contributed by atoms with Crippen LogP contribution in [0, 0.1) is 5.82 Å². The van der Waals surface area contributed by atoms with E-state index in [4.69, 9.17) is 5.11 Å². The summed E-state index contributed by atoms with van der Waals surface area (Å²) in [7, 11) is 0. The standard InChI is InChI=1S/C13H17FO2/c1-4-10(13(15)16)9-5-6-11(8(2)3)12(14)7-9/h5-8,10H,4H2,1-3H3,(H,15,16). The fourth-order valence-corrected chi connectivity index (χ4v) is 1.78. The monoisotopic (exact) mass is 224 g/mol. The Labute approximate surface area is 95.1 Å². The maximum absolute atomic E-state index is 13.7. The van der Waals surface area contributed by atoms with Gasteiger partial charge >= 0.3 is 5.97 Å². The average molecular weight is 224 g/mol. The summed E-state index contributed by atoms with van der Waals surface area (Å²) >= 11 is 0. The number of rotatable bonds is 4. The number of aliphatic carboxylic acids is 1. The zero-order valence-electron chi connectivity index (χ0n) is 9.83. The van der Waals surface area contributed by atoms with E-state index in [1.54, 1.807) is 19.1 Å². The van der Waals surface area contributed by atoms with E-state index in [-0.39, 0.29) is 11.7 Å². The predicted octanol–water partition coefficient (Wildman–Crippen LogP) is 3.53. The lowest BCUT2D eigenvalue weighted by molar-refractivity contribution is -0.138. The molecule has 0 bridgehead atoms. The molecule has 0 radical (unpaired) electrons. The van der Waals surface area contributed by atoms with E-state index in [1.165, 1.54) is 6.07 Å². The van der Waals surface area contributed by atoms with Crippen molar-refractivity contribution in [1.82, 2.24) is 0 Å². The molecule has 1 aromatic rings. The summed E-state index contributed by atoms with van der Waals surface area (Å²) in [6, 6.07) is 4.74. The van der Waals surface area contributed by atoms with Gasteiger partial charge in [-0.05, 0) is 29.5 Å². The maximum Gasteiger partial charge on any atom is 0.310 e. The molecule has 2 nitrogen and oxygen atoms in total. The third-order valence-corrected chi connectivity index (χ3v) is 2.76. The number of carboxylic acids is 1. The molecule has 16 heavy (non-hydrogen) atoms. The van der Waals surface area contributed by atoms with Crippen molar-refractivity contribution in [3.05, 3.63) is 35.1 Å². The van der Waals surface area contributed by atoms with Crippen LogP contribution in [0.15, 0.2) is 18.2 Å². The van der Waals surface area contributed by atoms with Gasteiger partial charge in [0.2, 0.25) is 0 Å². The van der Waals surface area contributed by atoms with Gasteiger partial charge in [-0.25, -0.2) is 4.39 Å². The fraction of sp³-hybridized carbons (Fsp3) is 0.462. The highest BCUT2D eigenvalue weighted by Crippen LogP contribution is 2.25. The highest BCUT2D eigenvalue weighted by Gasteiger charge is 2.19. The number of halogens is 1. The van der Waals surface area contributed by atoms with Crippen LogP contribution in [0.1, 0.15) is 50.2 Å². The van der Waals surface area contributed by atoms with E-state index < -0.39 is 11.9 Å². The Bertz CT molecular complexity index is 386. The van der Waals surface area contributed by atoms with E-state index >= 15 is 0 Å². The molecule has 3 heteroatoms. The quantitative estimate of drug-likeness (QED) is 0.849. The highest BCUT2D eigenvalue weighted by atomic mass is 19.1. The summed E-state index contributed by atoms with van der Waals surface area (Å²) in [5.41, 5.74) is 1.17. The van der Waals surface area contributed by atoms with Gasteiger partial charge in [-0.15, -0.1) is 0 Å². The van der Waals surface area contributed by atoms with Crippen molar-refractivity contribution in [2.75, 3.05) is 0 Å². The molecule has 1 rings (SSSR count). The zero-order chi connectivity index (χ0) is 12.3. The largest absolute Gasteiger partial charge is 0.481 e. The summed E-state index contributed by atoms with van der Waals surface area (Å²) in [5.74, 6) is -1.72. The number of hydrogen-bond acceptors (Lipinski definition) is 1. The minimum Gasteiger partial charge on any atom is -0.481 e. The Morgan fingerprint density at radius 2 is 2.06 bits per heavy atom. The Balaban J connectivity index is 3.09. The number of carbonyl (C=O) groups is 1. The lowest BCUT2D eigenvalue weighted by Gasteiger charge is -2.13. The van der Waals surface area contributed by atoms with E-state index in [0.717, 1.165) is 0 Å². The molecule has 1 atom stereocenters. The molecule has 0 aliphatic rings. The molecule has 0 spiro atoms. The molecule has 0 heterocycles.